The molecule has 13 heavy (non-hydrogen) atoms. The van der Waals surface area contributed by atoms with E-state index < -0.39 is 10.1 Å². The number of rotatable bonds is 1. The van der Waals surface area contributed by atoms with E-state index in [2.05, 4.69) is 12.6 Å². The van der Waals surface area contributed by atoms with Gasteiger partial charge in [-0.3, -0.25) is 0 Å². The Morgan fingerprint density at radius 3 is 2.31 bits per heavy atom. The smallest absolute Gasteiger partial charge is 0.744 e. The maximum atomic E-state index is 10.5. The number of hydrogen-bond donors (Lipinski definition) is 1. The predicted molar refractivity (Wildman–Crippen MR) is 46.4 cm³/mol. The Kier molecular flexibility index (Phi) is 5.72. The van der Waals surface area contributed by atoms with Crippen LogP contribution >= 0.6 is 12.6 Å². The normalized spacial score (nSPS) is 10.7. The van der Waals surface area contributed by atoms with Gasteiger partial charge in [-0.05, 0) is 30.7 Å². The third-order valence-electron chi connectivity index (χ3n) is 1.46. The summed E-state index contributed by atoms with van der Waals surface area (Å²) < 4.78 is 31.5. The Balaban J connectivity index is 0.00000144. The van der Waals surface area contributed by atoms with Gasteiger partial charge in [-0.2, -0.15) is 0 Å². The average molecular weight is 242 g/mol. The number of aryl methyl sites for hydroxylation is 1. The van der Waals surface area contributed by atoms with Crippen LogP contribution in [0.3, 0.4) is 0 Å². The van der Waals surface area contributed by atoms with Crippen LogP contribution in [-0.4, -0.2) is 13.0 Å². The van der Waals surface area contributed by atoms with Crippen LogP contribution in [0.1, 0.15) is 5.56 Å². The maximum absolute atomic E-state index is 10.5. The van der Waals surface area contributed by atoms with Crippen LogP contribution < -0.4 is 51.4 Å². The van der Waals surface area contributed by atoms with E-state index >= 15 is 0 Å². The molecule has 0 spiro atoms. The van der Waals surface area contributed by atoms with E-state index in [0.717, 1.165) is 0 Å². The largest absolute Gasteiger partial charge is 1.00 e. The zero-order chi connectivity index (χ0) is 9.35. The molecule has 0 atom stereocenters. The van der Waals surface area contributed by atoms with E-state index in [4.69, 9.17) is 0 Å². The van der Waals surface area contributed by atoms with Gasteiger partial charge in [0.2, 0.25) is 0 Å². The van der Waals surface area contributed by atoms with Crippen LogP contribution in [0.25, 0.3) is 0 Å². The van der Waals surface area contributed by atoms with Gasteiger partial charge in [-0.25, -0.2) is 8.42 Å². The number of hydrogen-bond acceptors (Lipinski definition) is 4. The van der Waals surface area contributed by atoms with Crippen LogP contribution in [0.5, 0.6) is 0 Å². The van der Waals surface area contributed by atoms with Gasteiger partial charge in [0.15, 0.2) is 0 Å². The van der Waals surface area contributed by atoms with E-state index in [0.29, 0.717) is 10.5 Å². The Bertz CT molecular complexity index is 400. The van der Waals surface area contributed by atoms with Crippen molar-refractivity contribution in [3.8, 4) is 0 Å². The van der Waals surface area contributed by atoms with E-state index in [1.807, 2.05) is 0 Å². The van der Waals surface area contributed by atoms with Crippen molar-refractivity contribution in [3.05, 3.63) is 23.8 Å². The molecular weight excluding hydrogens is 235 g/mol. The monoisotopic (exact) mass is 242 g/mol. The maximum Gasteiger partial charge on any atom is 1.00 e. The Hall–Kier alpha value is 1.12. The van der Waals surface area contributed by atoms with Gasteiger partial charge in [0.1, 0.15) is 10.1 Å². The fraction of sp³-hybridized carbons (Fsp3) is 0.143. The Morgan fingerprint density at radius 1 is 1.38 bits per heavy atom. The number of thiol groups is 1. The van der Waals surface area contributed by atoms with Gasteiger partial charge in [0.25, 0.3) is 0 Å². The summed E-state index contributed by atoms with van der Waals surface area (Å²) in [7, 11) is -4.33. The molecule has 0 aliphatic rings. The molecule has 0 N–H and O–H groups in total. The quantitative estimate of drug-likeness (QED) is 0.359. The second-order valence-corrected chi connectivity index (χ2v) is 4.26. The first-order chi connectivity index (χ1) is 5.41. The molecule has 1 rings (SSSR count). The molecule has 0 amide bonds. The standard InChI is InChI=1S/C7H8O3S2.K/c1-5-4-6(12(8,9)10)2-3-7(5)11;/h2-4,11H,1H3,(H,8,9,10);/q;+1/p-1. The first kappa shape index (κ1) is 14.1. The van der Waals surface area contributed by atoms with E-state index in [9.17, 15) is 13.0 Å². The second-order valence-electron chi connectivity index (χ2n) is 2.40. The molecule has 0 heterocycles. The van der Waals surface area contributed by atoms with Gasteiger partial charge >= 0.3 is 51.4 Å². The topological polar surface area (TPSA) is 57.2 Å². The predicted octanol–water partition coefficient (Wildman–Crippen LogP) is -1.81. The molecule has 66 valence electrons. The second kappa shape index (κ2) is 5.27. The van der Waals surface area contributed by atoms with Gasteiger partial charge in [0.05, 0.1) is 4.90 Å². The summed E-state index contributed by atoms with van der Waals surface area (Å²) in [4.78, 5) is 0.459. The summed E-state index contributed by atoms with van der Waals surface area (Å²) in [6, 6.07) is 4.05. The average Bonchev–Trinajstić information content (AvgIpc) is 1.92. The summed E-state index contributed by atoms with van der Waals surface area (Å²) in [5.74, 6) is 0. The first-order valence-electron chi connectivity index (χ1n) is 3.17. The fourth-order valence-corrected chi connectivity index (χ4v) is 1.48. The van der Waals surface area contributed by atoms with Gasteiger partial charge in [-0.1, -0.05) is 0 Å². The number of benzene rings is 1. The van der Waals surface area contributed by atoms with E-state index in [1.54, 1.807) is 6.92 Å². The molecule has 0 fully saturated rings. The third-order valence-corrected chi connectivity index (χ3v) is 2.79. The fourth-order valence-electron chi connectivity index (χ4n) is 0.783. The minimum atomic E-state index is -4.33. The summed E-state index contributed by atoms with van der Waals surface area (Å²) >= 11 is 4.04. The van der Waals surface area contributed by atoms with Crippen molar-refractivity contribution in [2.24, 2.45) is 0 Å². The SMILES string of the molecule is Cc1cc(S(=O)(=O)[O-])ccc1S.[K+]. The summed E-state index contributed by atoms with van der Waals surface area (Å²) in [5, 5.41) is 0. The molecule has 6 heteroatoms. The first-order valence-corrected chi connectivity index (χ1v) is 5.02. The van der Waals surface area contributed by atoms with Gasteiger partial charge < -0.3 is 4.55 Å². The molecule has 0 saturated carbocycles. The molecule has 0 radical (unpaired) electrons. The van der Waals surface area contributed by atoms with Crippen LogP contribution in [0.15, 0.2) is 28.0 Å². The Morgan fingerprint density at radius 2 is 1.92 bits per heavy atom. The van der Waals surface area contributed by atoms with Crippen LogP contribution in [0, 0.1) is 6.92 Å². The summed E-state index contributed by atoms with van der Waals surface area (Å²) in [6.07, 6.45) is 0. The van der Waals surface area contributed by atoms with Crippen molar-refractivity contribution in [1.82, 2.24) is 0 Å². The molecule has 0 aliphatic carbocycles. The molecule has 0 unspecified atom stereocenters. The van der Waals surface area contributed by atoms with Crippen molar-refractivity contribution in [2.75, 3.05) is 0 Å². The van der Waals surface area contributed by atoms with Crippen molar-refractivity contribution < 1.29 is 64.4 Å². The van der Waals surface area contributed by atoms with Crippen molar-refractivity contribution in [2.45, 2.75) is 16.7 Å². The minimum Gasteiger partial charge on any atom is -0.744 e. The van der Waals surface area contributed by atoms with E-state index in [-0.39, 0.29) is 56.3 Å². The van der Waals surface area contributed by atoms with Crippen LogP contribution in [0.2, 0.25) is 0 Å². The zero-order valence-corrected chi connectivity index (χ0v) is 12.1. The van der Waals surface area contributed by atoms with Crippen molar-refractivity contribution in [1.29, 1.82) is 0 Å². The van der Waals surface area contributed by atoms with Crippen LogP contribution in [-0.2, 0) is 10.1 Å². The van der Waals surface area contributed by atoms with Gasteiger partial charge in [-0.15, -0.1) is 12.6 Å². The molecule has 0 aliphatic heterocycles. The van der Waals surface area contributed by atoms with Crippen molar-refractivity contribution in [3.63, 3.8) is 0 Å². The molecule has 0 saturated heterocycles. The molecule has 3 nitrogen and oxygen atoms in total. The van der Waals surface area contributed by atoms with Crippen molar-refractivity contribution >= 4 is 22.7 Å². The van der Waals surface area contributed by atoms with Crippen LogP contribution in [0.4, 0.5) is 0 Å². The molecule has 1 aromatic rings. The third kappa shape index (κ3) is 4.01. The molecule has 0 aromatic heterocycles. The molecule has 1 aromatic carbocycles. The Labute approximate surface area is 126 Å². The molecular formula is C7H7KO3S2. The summed E-state index contributed by atoms with van der Waals surface area (Å²) in [5.41, 5.74) is 0.676. The minimum absolute atomic E-state index is 0. The summed E-state index contributed by atoms with van der Waals surface area (Å²) in [6.45, 7) is 1.69. The van der Waals surface area contributed by atoms with E-state index in [1.165, 1.54) is 18.2 Å². The zero-order valence-electron chi connectivity index (χ0n) is 7.31. The van der Waals surface area contributed by atoms with Gasteiger partial charge in [0, 0.05) is 4.90 Å². The molecule has 0 bridgehead atoms.